The number of fused-ring (bicyclic) bond motifs is 2. The Morgan fingerprint density at radius 2 is 1.69 bits per heavy atom. The molecule has 3 aromatic rings. The fourth-order valence-electron chi connectivity index (χ4n) is 3.97. The van der Waals surface area contributed by atoms with Crippen molar-refractivity contribution in [2.45, 2.75) is 56.8 Å². The van der Waals surface area contributed by atoms with Crippen LogP contribution in [-0.4, -0.2) is 20.5 Å². The first-order valence-electron chi connectivity index (χ1n) is 11.4. The molecule has 1 aromatic heterocycles. The van der Waals surface area contributed by atoms with Gasteiger partial charge in [-0.05, 0) is 53.8 Å². The van der Waals surface area contributed by atoms with E-state index in [1.165, 1.54) is 17.5 Å². The van der Waals surface area contributed by atoms with Gasteiger partial charge in [0.1, 0.15) is 11.5 Å². The predicted molar refractivity (Wildman–Crippen MR) is 133 cm³/mol. The maximum atomic E-state index is 13.9. The van der Waals surface area contributed by atoms with Crippen molar-refractivity contribution >= 4 is 27.2 Å². The molecule has 1 aliphatic rings. The molecule has 4 rings (SSSR count). The van der Waals surface area contributed by atoms with Crippen LogP contribution in [-0.2, 0) is 32.9 Å². The summed E-state index contributed by atoms with van der Waals surface area (Å²) < 4.78 is 74.4. The molecule has 0 bridgehead atoms. The third-order valence-corrected chi connectivity index (χ3v) is 8.03. The Morgan fingerprint density at radius 1 is 1.03 bits per heavy atom. The van der Waals surface area contributed by atoms with Crippen molar-refractivity contribution in [2.24, 2.45) is 0 Å². The highest BCUT2D eigenvalue weighted by Gasteiger charge is 2.35. The monoisotopic (exact) mass is 519 g/mol. The van der Waals surface area contributed by atoms with Gasteiger partial charge in [-0.1, -0.05) is 45.0 Å². The van der Waals surface area contributed by atoms with Gasteiger partial charge in [-0.25, -0.2) is 13.4 Å². The number of nitrogens with one attached hydrogen (secondary N) is 1. The first kappa shape index (κ1) is 26.0. The minimum atomic E-state index is -4.63. The van der Waals surface area contributed by atoms with Crippen molar-refractivity contribution in [1.29, 1.82) is 0 Å². The van der Waals surface area contributed by atoms with Gasteiger partial charge in [-0.15, -0.1) is 0 Å². The van der Waals surface area contributed by atoms with Gasteiger partial charge >= 0.3 is 6.18 Å². The van der Waals surface area contributed by atoms with Gasteiger partial charge in [0.2, 0.25) is 0 Å². The topological polar surface area (TPSA) is 71.5 Å². The second kappa shape index (κ2) is 9.08. The Kier molecular flexibility index (Phi) is 6.55. The fourth-order valence-corrected chi connectivity index (χ4v) is 5.42. The normalized spacial score (nSPS) is 14.9. The van der Waals surface area contributed by atoms with Gasteiger partial charge in [0, 0.05) is 12.7 Å². The highest BCUT2D eigenvalue weighted by atomic mass is 32.2. The van der Waals surface area contributed by atoms with Crippen molar-refractivity contribution in [1.82, 2.24) is 4.98 Å². The van der Waals surface area contributed by atoms with E-state index in [2.05, 4.69) is 10.3 Å². The molecule has 1 aliphatic heterocycles. The van der Waals surface area contributed by atoms with Gasteiger partial charge in [-0.3, -0.25) is 4.31 Å². The second-order valence-corrected chi connectivity index (χ2v) is 11.6. The summed E-state index contributed by atoms with van der Waals surface area (Å²) in [6, 6.07) is 13.8. The average Bonchev–Trinajstić information content (AvgIpc) is 2.98. The quantitative estimate of drug-likeness (QED) is 0.423. The predicted octanol–water partition coefficient (Wildman–Crippen LogP) is 6.56. The van der Waals surface area contributed by atoms with Crippen LogP contribution in [0.1, 0.15) is 56.2 Å². The maximum Gasteiger partial charge on any atom is 0.433 e. The summed E-state index contributed by atoms with van der Waals surface area (Å²) in [5.74, 6) is -0.0422. The first-order chi connectivity index (χ1) is 16.7. The summed E-state index contributed by atoms with van der Waals surface area (Å²) >= 11 is 0. The molecule has 1 unspecified atom stereocenters. The molecule has 10 heteroatoms. The summed E-state index contributed by atoms with van der Waals surface area (Å²) in [6.45, 7) is 7.72. The lowest BCUT2D eigenvalue weighted by Crippen LogP contribution is -2.30. The molecular formula is C26H28F3N3O3S. The van der Waals surface area contributed by atoms with Crippen LogP contribution in [0.3, 0.4) is 0 Å². The lowest BCUT2D eigenvalue weighted by molar-refractivity contribution is -0.141. The van der Waals surface area contributed by atoms with Gasteiger partial charge < -0.3 is 10.1 Å². The number of halogens is 3. The molecule has 36 heavy (non-hydrogen) atoms. The third kappa shape index (κ3) is 4.92. The van der Waals surface area contributed by atoms with E-state index in [1.807, 2.05) is 27.7 Å². The highest BCUT2D eigenvalue weighted by molar-refractivity contribution is 7.92. The zero-order valence-electron chi connectivity index (χ0n) is 20.6. The molecule has 0 amide bonds. The number of rotatable bonds is 4. The minimum Gasteiger partial charge on any atom is -0.377 e. The Hall–Kier alpha value is -3.11. The van der Waals surface area contributed by atoms with Gasteiger partial charge in [0.15, 0.2) is 0 Å². The van der Waals surface area contributed by atoms with E-state index < -0.39 is 21.9 Å². The van der Waals surface area contributed by atoms with E-state index in [1.54, 1.807) is 42.5 Å². The molecule has 192 valence electrons. The van der Waals surface area contributed by atoms with E-state index in [0.717, 1.165) is 17.2 Å². The van der Waals surface area contributed by atoms with Crippen molar-refractivity contribution < 1.29 is 26.3 Å². The summed E-state index contributed by atoms with van der Waals surface area (Å²) in [4.78, 5) is 3.84. The van der Waals surface area contributed by atoms with Crippen LogP contribution in [0.25, 0.3) is 0 Å². The summed E-state index contributed by atoms with van der Waals surface area (Å²) in [6.07, 6.45) is -4.96. The van der Waals surface area contributed by atoms with Crippen LogP contribution >= 0.6 is 0 Å². The molecular weight excluding hydrogens is 491 g/mol. The van der Waals surface area contributed by atoms with Crippen molar-refractivity contribution in [3.63, 3.8) is 0 Å². The van der Waals surface area contributed by atoms with Crippen LogP contribution < -0.4 is 9.62 Å². The van der Waals surface area contributed by atoms with E-state index in [9.17, 15) is 21.6 Å². The fraction of sp³-hybridized carbons (Fsp3) is 0.346. The molecule has 1 atom stereocenters. The number of pyridine rings is 1. The smallest absolute Gasteiger partial charge is 0.377 e. The number of ether oxygens (including phenoxy) is 1. The molecule has 0 saturated carbocycles. The van der Waals surface area contributed by atoms with E-state index in [0.29, 0.717) is 16.9 Å². The van der Waals surface area contributed by atoms with Gasteiger partial charge in [0.25, 0.3) is 10.0 Å². The lowest BCUT2D eigenvalue weighted by Gasteiger charge is -2.26. The van der Waals surface area contributed by atoms with Crippen LogP contribution in [0.4, 0.5) is 30.4 Å². The Bertz CT molecular complexity index is 1380. The summed E-state index contributed by atoms with van der Waals surface area (Å²) in [5, 5.41) is 2.92. The van der Waals surface area contributed by atoms with E-state index in [4.69, 9.17) is 4.74 Å². The Balaban J connectivity index is 1.88. The lowest BCUT2D eigenvalue weighted by atomic mass is 9.87. The number of benzene rings is 2. The molecule has 2 aromatic carbocycles. The number of anilines is 3. The minimum absolute atomic E-state index is 0.0422. The average molecular weight is 520 g/mol. The molecule has 0 fully saturated rings. The second-order valence-electron chi connectivity index (χ2n) is 9.77. The van der Waals surface area contributed by atoms with E-state index >= 15 is 0 Å². The number of sulfonamides is 1. The van der Waals surface area contributed by atoms with Crippen molar-refractivity contribution in [3.05, 3.63) is 77.0 Å². The number of hydrogen-bond donors (Lipinski definition) is 1. The van der Waals surface area contributed by atoms with E-state index in [-0.39, 0.29) is 28.8 Å². The molecule has 0 saturated heterocycles. The van der Waals surface area contributed by atoms with Crippen LogP contribution in [0.5, 0.6) is 0 Å². The number of alkyl halides is 3. The highest BCUT2D eigenvalue weighted by Crippen LogP contribution is 2.41. The molecule has 0 spiro atoms. The largest absolute Gasteiger partial charge is 0.433 e. The molecule has 6 nitrogen and oxygen atoms in total. The van der Waals surface area contributed by atoms with Crippen molar-refractivity contribution in [2.75, 3.05) is 16.7 Å². The zero-order valence-corrected chi connectivity index (χ0v) is 21.5. The van der Waals surface area contributed by atoms with Crippen LogP contribution in [0, 0.1) is 0 Å². The molecule has 0 radical (unpaired) electrons. The van der Waals surface area contributed by atoms with Crippen LogP contribution in [0.2, 0.25) is 0 Å². The number of hydrogen-bond acceptors (Lipinski definition) is 5. The third-order valence-electron chi connectivity index (χ3n) is 6.26. The number of methoxy groups -OCH3 is 1. The number of nitrogens with zero attached hydrogens (tertiary/aromatic N) is 2. The van der Waals surface area contributed by atoms with Gasteiger partial charge in [-0.2, -0.15) is 13.2 Å². The molecule has 1 N–H and O–H groups in total. The van der Waals surface area contributed by atoms with Crippen LogP contribution in [0.15, 0.2) is 59.5 Å². The zero-order chi connectivity index (χ0) is 26.5. The standard InChI is InChI=1S/C26H28F3N3O3S/c1-16(35-5)17-6-12-21-22(14-17)32(15-18-7-13-23(26(27,28)29)31-24(18)30-21)36(33,34)20-10-8-19(9-11-20)25(2,3)4/h6-14,16H,15H2,1-5H3,(H,30,31). The Labute approximate surface area is 209 Å². The summed E-state index contributed by atoms with van der Waals surface area (Å²) in [7, 11) is -2.55. The van der Waals surface area contributed by atoms with Crippen molar-refractivity contribution in [3.8, 4) is 0 Å². The Morgan fingerprint density at radius 3 is 2.28 bits per heavy atom. The number of aromatic nitrogens is 1. The first-order valence-corrected chi connectivity index (χ1v) is 12.8. The molecule has 2 heterocycles. The maximum absolute atomic E-state index is 13.9. The molecule has 0 aliphatic carbocycles. The summed E-state index contributed by atoms with van der Waals surface area (Å²) in [5.41, 5.74) is 1.41. The SMILES string of the molecule is COC(C)c1ccc2c(c1)N(S(=O)(=O)c1ccc(C(C)(C)C)cc1)Cc1ccc(C(F)(F)F)nc1N2. The van der Waals surface area contributed by atoms with Gasteiger partial charge in [0.05, 0.1) is 28.9 Å².